The highest BCUT2D eigenvalue weighted by molar-refractivity contribution is 6.43. The van der Waals surface area contributed by atoms with Crippen LogP contribution < -0.4 is 10.2 Å². The van der Waals surface area contributed by atoms with Gasteiger partial charge in [-0.1, -0.05) is 29.3 Å². The van der Waals surface area contributed by atoms with Gasteiger partial charge in [0.1, 0.15) is 5.82 Å². The highest BCUT2D eigenvalue weighted by Crippen LogP contribution is 2.31. The average Bonchev–Trinajstić information content (AvgIpc) is 2.97. The number of hydrogen-bond acceptors (Lipinski definition) is 4. The summed E-state index contributed by atoms with van der Waals surface area (Å²) in [4.78, 5) is 11.3. The van der Waals surface area contributed by atoms with Gasteiger partial charge in [-0.2, -0.15) is 4.98 Å². The van der Waals surface area contributed by atoms with Crippen LogP contribution in [0.5, 0.6) is 0 Å². The molecule has 0 amide bonds. The summed E-state index contributed by atoms with van der Waals surface area (Å²) in [5, 5.41) is 4.24. The van der Waals surface area contributed by atoms with Crippen molar-refractivity contribution in [3.8, 4) is 0 Å². The zero-order valence-electron chi connectivity index (χ0n) is 11.7. The summed E-state index contributed by atoms with van der Waals surface area (Å²) in [6.07, 6.45) is 2.39. The first kappa shape index (κ1) is 14.4. The monoisotopic (exact) mass is 322 g/mol. The summed E-state index contributed by atoms with van der Waals surface area (Å²) in [6.45, 7) is 3.99. The van der Waals surface area contributed by atoms with Crippen molar-refractivity contribution >= 4 is 40.7 Å². The number of rotatable bonds is 3. The van der Waals surface area contributed by atoms with Gasteiger partial charge in [-0.05, 0) is 31.9 Å². The third-order valence-electron chi connectivity index (χ3n) is 3.45. The number of benzene rings is 1. The Labute approximate surface area is 134 Å². The molecule has 0 radical (unpaired) electrons. The third kappa shape index (κ3) is 3.22. The Kier molecular flexibility index (Phi) is 4.17. The molecular formula is C15H16Cl2N4. The highest BCUT2D eigenvalue weighted by Gasteiger charge is 2.16. The zero-order valence-corrected chi connectivity index (χ0v) is 13.2. The molecule has 3 rings (SSSR count). The fourth-order valence-corrected chi connectivity index (χ4v) is 2.76. The van der Waals surface area contributed by atoms with Crippen LogP contribution in [0.15, 0.2) is 24.3 Å². The molecule has 0 saturated carbocycles. The van der Waals surface area contributed by atoms with Gasteiger partial charge in [0.2, 0.25) is 5.95 Å². The van der Waals surface area contributed by atoms with E-state index in [9.17, 15) is 0 Å². The van der Waals surface area contributed by atoms with Crippen LogP contribution in [0.25, 0.3) is 0 Å². The van der Waals surface area contributed by atoms with Gasteiger partial charge in [0.15, 0.2) is 0 Å². The molecule has 0 bridgehead atoms. The van der Waals surface area contributed by atoms with E-state index in [4.69, 9.17) is 23.2 Å². The summed E-state index contributed by atoms with van der Waals surface area (Å²) in [6, 6.07) is 7.39. The maximum absolute atomic E-state index is 6.20. The van der Waals surface area contributed by atoms with E-state index in [-0.39, 0.29) is 0 Å². The molecule has 0 unspecified atom stereocenters. The first-order chi connectivity index (χ1) is 10.1. The molecule has 1 aliphatic heterocycles. The summed E-state index contributed by atoms with van der Waals surface area (Å²) < 4.78 is 0. The Morgan fingerprint density at radius 3 is 2.67 bits per heavy atom. The van der Waals surface area contributed by atoms with Crippen LogP contribution in [0.1, 0.15) is 18.5 Å². The topological polar surface area (TPSA) is 41.1 Å². The fraction of sp³-hybridized carbons (Fsp3) is 0.333. The van der Waals surface area contributed by atoms with E-state index in [1.54, 1.807) is 6.07 Å². The first-order valence-electron chi connectivity index (χ1n) is 6.95. The van der Waals surface area contributed by atoms with E-state index in [0.29, 0.717) is 10.0 Å². The molecule has 0 aliphatic carbocycles. The quantitative estimate of drug-likeness (QED) is 0.907. The Hall–Kier alpha value is -1.52. The summed E-state index contributed by atoms with van der Waals surface area (Å²) in [5.74, 6) is 1.50. The van der Waals surface area contributed by atoms with Crippen LogP contribution in [0.3, 0.4) is 0 Å². The fourth-order valence-electron chi connectivity index (χ4n) is 2.41. The first-order valence-corrected chi connectivity index (χ1v) is 7.71. The maximum Gasteiger partial charge on any atom is 0.227 e. The average molecular weight is 323 g/mol. The standard InChI is InChI=1S/C15H16Cl2N4/c1-10-9-13(19-12-6-4-5-11(16)14(12)17)20-15(18-10)21-7-2-3-8-21/h4-6,9H,2-3,7-8H2,1H3,(H,18,19,20). The van der Waals surface area contributed by atoms with Gasteiger partial charge in [-0.15, -0.1) is 0 Å². The van der Waals surface area contributed by atoms with E-state index in [1.165, 1.54) is 12.8 Å². The number of halogens is 2. The van der Waals surface area contributed by atoms with Crippen LogP contribution in [0.2, 0.25) is 10.0 Å². The van der Waals surface area contributed by atoms with E-state index in [1.807, 2.05) is 25.1 Å². The van der Waals surface area contributed by atoms with Crippen molar-refractivity contribution in [2.45, 2.75) is 19.8 Å². The lowest BCUT2D eigenvalue weighted by molar-refractivity contribution is 0.891. The molecule has 110 valence electrons. The van der Waals surface area contributed by atoms with Crippen LogP contribution >= 0.6 is 23.2 Å². The van der Waals surface area contributed by atoms with E-state index < -0.39 is 0 Å². The lowest BCUT2D eigenvalue weighted by Gasteiger charge is -2.17. The summed E-state index contributed by atoms with van der Waals surface area (Å²) in [7, 11) is 0. The van der Waals surface area contributed by atoms with Crippen molar-refractivity contribution in [3.05, 3.63) is 40.0 Å². The van der Waals surface area contributed by atoms with Gasteiger partial charge >= 0.3 is 0 Å². The van der Waals surface area contributed by atoms with E-state index in [0.717, 1.165) is 36.2 Å². The Bertz CT molecular complexity index is 654. The van der Waals surface area contributed by atoms with Crippen LogP contribution in [0.4, 0.5) is 17.5 Å². The SMILES string of the molecule is Cc1cc(Nc2cccc(Cl)c2Cl)nc(N2CCCC2)n1. The molecular weight excluding hydrogens is 307 g/mol. The summed E-state index contributed by atoms with van der Waals surface area (Å²) in [5.41, 5.74) is 1.67. The second-order valence-corrected chi connectivity index (χ2v) is 5.90. The number of aryl methyl sites for hydroxylation is 1. The predicted octanol–water partition coefficient (Wildman–Crippen LogP) is 4.44. The zero-order chi connectivity index (χ0) is 14.8. The molecule has 1 saturated heterocycles. The van der Waals surface area contributed by atoms with E-state index >= 15 is 0 Å². The molecule has 4 nitrogen and oxygen atoms in total. The lowest BCUT2D eigenvalue weighted by Crippen LogP contribution is -2.21. The van der Waals surface area contributed by atoms with Gasteiger partial charge in [0.05, 0.1) is 15.7 Å². The van der Waals surface area contributed by atoms with Crippen molar-refractivity contribution in [2.75, 3.05) is 23.3 Å². The molecule has 2 aromatic rings. The second kappa shape index (κ2) is 6.08. The molecule has 6 heteroatoms. The smallest absolute Gasteiger partial charge is 0.227 e. The molecule has 21 heavy (non-hydrogen) atoms. The van der Waals surface area contributed by atoms with Crippen molar-refractivity contribution < 1.29 is 0 Å². The molecule has 1 aromatic carbocycles. The van der Waals surface area contributed by atoms with Crippen molar-refractivity contribution in [1.82, 2.24) is 9.97 Å². The largest absolute Gasteiger partial charge is 0.341 e. The molecule has 1 aliphatic rings. The van der Waals surface area contributed by atoms with Crippen molar-refractivity contribution in [3.63, 3.8) is 0 Å². The molecule has 1 N–H and O–H groups in total. The number of aromatic nitrogens is 2. The highest BCUT2D eigenvalue weighted by atomic mass is 35.5. The predicted molar refractivity (Wildman–Crippen MR) is 88.0 cm³/mol. The number of anilines is 3. The minimum absolute atomic E-state index is 0.498. The Morgan fingerprint density at radius 2 is 1.90 bits per heavy atom. The number of nitrogens with one attached hydrogen (secondary N) is 1. The van der Waals surface area contributed by atoms with Crippen molar-refractivity contribution in [2.24, 2.45) is 0 Å². The van der Waals surface area contributed by atoms with E-state index in [2.05, 4.69) is 20.2 Å². The lowest BCUT2D eigenvalue weighted by atomic mass is 10.3. The molecule has 0 spiro atoms. The van der Waals surface area contributed by atoms with Crippen LogP contribution in [-0.2, 0) is 0 Å². The minimum Gasteiger partial charge on any atom is -0.341 e. The van der Waals surface area contributed by atoms with Crippen LogP contribution in [-0.4, -0.2) is 23.1 Å². The van der Waals surface area contributed by atoms with Crippen molar-refractivity contribution in [1.29, 1.82) is 0 Å². The van der Waals surface area contributed by atoms with Gasteiger partial charge in [0.25, 0.3) is 0 Å². The second-order valence-electron chi connectivity index (χ2n) is 5.12. The molecule has 1 aromatic heterocycles. The number of hydrogen-bond donors (Lipinski definition) is 1. The third-order valence-corrected chi connectivity index (χ3v) is 4.26. The normalized spacial score (nSPS) is 14.5. The molecule has 1 fully saturated rings. The Balaban J connectivity index is 1.89. The van der Waals surface area contributed by atoms with Gasteiger partial charge in [-0.25, -0.2) is 4.98 Å². The maximum atomic E-state index is 6.20. The minimum atomic E-state index is 0.498. The van der Waals surface area contributed by atoms with Gasteiger partial charge in [-0.3, -0.25) is 0 Å². The van der Waals surface area contributed by atoms with Gasteiger partial charge < -0.3 is 10.2 Å². The summed E-state index contributed by atoms with van der Waals surface area (Å²) >= 11 is 12.2. The van der Waals surface area contributed by atoms with Gasteiger partial charge in [0, 0.05) is 24.8 Å². The van der Waals surface area contributed by atoms with Crippen LogP contribution in [0, 0.1) is 6.92 Å². The number of nitrogens with zero attached hydrogens (tertiary/aromatic N) is 3. The molecule has 2 heterocycles. The Morgan fingerprint density at radius 1 is 1.14 bits per heavy atom. The molecule has 0 atom stereocenters.